The van der Waals surface area contributed by atoms with Gasteiger partial charge in [0.05, 0.1) is 0 Å². The highest BCUT2D eigenvalue weighted by Gasteiger charge is 2.53. The lowest BCUT2D eigenvalue weighted by atomic mass is 9.74. The zero-order valence-electron chi connectivity index (χ0n) is 13.0. The summed E-state index contributed by atoms with van der Waals surface area (Å²) in [4.78, 5) is 12.3. The molecule has 1 heterocycles. The van der Waals surface area contributed by atoms with Crippen molar-refractivity contribution in [1.82, 2.24) is 0 Å². The minimum Gasteiger partial charge on any atom is -0.488 e. The van der Waals surface area contributed by atoms with Crippen LogP contribution in [0.15, 0.2) is 23.5 Å². The number of Topliss-reactive ketones (excluding diaryl/α,β-unsaturated/α-hetero) is 1. The molecule has 0 radical (unpaired) electrons. The third-order valence-corrected chi connectivity index (χ3v) is 5.53. The predicted molar refractivity (Wildman–Crippen MR) is 78.6 cm³/mol. The van der Waals surface area contributed by atoms with E-state index in [1.165, 1.54) is 0 Å². The van der Waals surface area contributed by atoms with E-state index in [1.807, 2.05) is 0 Å². The molecule has 1 aliphatic heterocycles. The zero-order chi connectivity index (χ0) is 15.4. The minimum absolute atomic E-state index is 0.187. The number of hydrogen-bond acceptors (Lipinski definition) is 4. The second-order valence-electron chi connectivity index (χ2n) is 6.90. The SMILES string of the molecule is C=C(C)[C@@H]1CC[C@@]2(C)OC3=C(C[C@@H]12)C(=O)[C@@H](O)C[C@H]3OC. The van der Waals surface area contributed by atoms with E-state index < -0.39 is 6.10 Å². The van der Waals surface area contributed by atoms with E-state index in [4.69, 9.17) is 9.47 Å². The van der Waals surface area contributed by atoms with Crippen molar-refractivity contribution in [3.05, 3.63) is 23.5 Å². The van der Waals surface area contributed by atoms with Crippen LogP contribution in [0.3, 0.4) is 0 Å². The topological polar surface area (TPSA) is 55.8 Å². The summed E-state index contributed by atoms with van der Waals surface area (Å²) in [5.41, 5.74) is 1.54. The number of methoxy groups -OCH3 is 1. The number of carbonyl (C=O) groups excluding carboxylic acids is 1. The Balaban J connectivity index is 1.99. The summed E-state index contributed by atoms with van der Waals surface area (Å²) in [5, 5.41) is 9.96. The fraction of sp³-hybridized carbons (Fsp3) is 0.706. The molecule has 0 unspecified atom stereocenters. The summed E-state index contributed by atoms with van der Waals surface area (Å²) < 4.78 is 11.7. The van der Waals surface area contributed by atoms with E-state index >= 15 is 0 Å². The van der Waals surface area contributed by atoms with E-state index in [9.17, 15) is 9.90 Å². The molecule has 4 heteroatoms. The molecule has 3 rings (SSSR count). The van der Waals surface area contributed by atoms with Crippen molar-refractivity contribution in [2.24, 2.45) is 11.8 Å². The molecule has 2 aliphatic carbocycles. The number of hydrogen-bond donors (Lipinski definition) is 1. The molecular formula is C17H24O4. The van der Waals surface area contributed by atoms with Gasteiger partial charge < -0.3 is 14.6 Å². The van der Waals surface area contributed by atoms with Gasteiger partial charge in [-0.1, -0.05) is 12.2 Å². The Morgan fingerprint density at radius 2 is 2.24 bits per heavy atom. The number of aliphatic hydroxyl groups excluding tert-OH is 1. The third-order valence-electron chi connectivity index (χ3n) is 5.53. The Hall–Kier alpha value is -1.13. The first-order valence-electron chi connectivity index (χ1n) is 7.70. The number of ketones is 1. The van der Waals surface area contributed by atoms with Crippen LogP contribution in [-0.4, -0.2) is 35.8 Å². The maximum absolute atomic E-state index is 12.3. The van der Waals surface area contributed by atoms with Crippen molar-refractivity contribution in [1.29, 1.82) is 0 Å². The van der Waals surface area contributed by atoms with Crippen molar-refractivity contribution >= 4 is 5.78 Å². The molecule has 0 aromatic rings. The summed E-state index contributed by atoms with van der Waals surface area (Å²) in [6.45, 7) is 8.28. The number of fused-ring (bicyclic) bond motifs is 1. The smallest absolute Gasteiger partial charge is 0.190 e. The first-order chi connectivity index (χ1) is 9.87. The quantitative estimate of drug-likeness (QED) is 0.794. The molecular weight excluding hydrogens is 268 g/mol. The van der Waals surface area contributed by atoms with Gasteiger partial charge in [0.1, 0.15) is 23.6 Å². The second-order valence-corrected chi connectivity index (χ2v) is 6.90. The summed E-state index contributed by atoms with van der Waals surface area (Å²) in [6.07, 6.45) is 1.70. The van der Waals surface area contributed by atoms with Crippen LogP contribution in [0.5, 0.6) is 0 Å². The lowest BCUT2D eigenvalue weighted by Crippen LogP contribution is -2.47. The number of allylic oxidation sites excluding steroid dienone is 1. The van der Waals surface area contributed by atoms with Gasteiger partial charge in [0.25, 0.3) is 0 Å². The number of rotatable bonds is 2. The maximum Gasteiger partial charge on any atom is 0.190 e. The Morgan fingerprint density at radius 3 is 2.86 bits per heavy atom. The summed E-state index contributed by atoms with van der Waals surface area (Å²) in [6, 6.07) is 0. The molecule has 0 amide bonds. The molecule has 1 N–H and O–H groups in total. The molecule has 0 aromatic heterocycles. The standard InChI is InChI=1S/C17H24O4/c1-9(2)10-5-6-17(3)12(10)7-11-15(19)13(18)8-14(20-4)16(11)21-17/h10,12-14,18H,1,5-8H2,2-4H3/t10-,12-,13-,14+,17+/m0/s1. The monoisotopic (exact) mass is 292 g/mol. The van der Waals surface area contributed by atoms with Gasteiger partial charge in [-0.3, -0.25) is 4.79 Å². The van der Waals surface area contributed by atoms with Crippen LogP contribution in [0.25, 0.3) is 0 Å². The van der Waals surface area contributed by atoms with E-state index in [1.54, 1.807) is 7.11 Å². The lowest BCUT2D eigenvalue weighted by molar-refractivity contribution is -0.134. The molecule has 1 saturated carbocycles. The van der Waals surface area contributed by atoms with Gasteiger partial charge in [-0.2, -0.15) is 0 Å². The van der Waals surface area contributed by atoms with Gasteiger partial charge in [0.15, 0.2) is 5.78 Å². The first kappa shape index (κ1) is 14.8. The normalized spacial score (nSPS) is 42.4. The molecule has 0 aromatic carbocycles. The van der Waals surface area contributed by atoms with Crippen LogP contribution >= 0.6 is 0 Å². The Labute approximate surface area is 125 Å². The van der Waals surface area contributed by atoms with Gasteiger partial charge in [0, 0.05) is 25.0 Å². The van der Waals surface area contributed by atoms with Gasteiger partial charge in [-0.05, 0) is 39.0 Å². The molecule has 4 nitrogen and oxygen atoms in total. The summed E-state index contributed by atoms with van der Waals surface area (Å²) in [7, 11) is 1.60. The van der Waals surface area contributed by atoms with Crippen molar-refractivity contribution in [2.45, 2.75) is 57.3 Å². The van der Waals surface area contributed by atoms with Gasteiger partial charge in [-0.15, -0.1) is 0 Å². The number of aliphatic hydroxyl groups is 1. The van der Waals surface area contributed by atoms with Gasteiger partial charge in [0.2, 0.25) is 0 Å². The Bertz CT molecular complexity index is 521. The highest BCUT2D eigenvalue weighted by Crippen LogP contribution is 2.53. The van der Waals surface area contributed by atoms with Gasteiger partial charge >= 0.3 is 0 Å². The Morgan fingerprint density at radius 1 is 1.52 bits per heavy atom. The number of ether oxygens (including phenoxy) is 2. The van der Waals surface area contributed by atoms with Crippen molar-refractivity contribution in [3.63, 3.8) is 0 Å². The second kappa shape index (κ2) is 4.96. The van der Waals surface area contributed by atoms with Crippen LogP contribution in [0.2, 0.25) is 0 Å². The largest absolute Gasteiger partial charge is 0.488 e. The highest BCUT2D eigenvalue weighted by molar-refractivity contribution is 6.00. The molecule has 5 atom stereocenters. The molecule has 3 aliphatic rings. The molecule has 1 fully saturated rings. The first-order valence-corrected chi connectivity index (χ1v) is 7.70. The van der Waals surface area contributed by atoms with Crippen LogP contribution in [0, 0.1) is 11.8 Å². The average molecular weight is 292 g/mol. The van der Waals surface area contributed by atoms with Crippen molar-refractivity contribution in [3.8, 4) is 0 Å². The molecule has 0 bridgehead atoms. The van der Waals surface area contributed by atoms with Crippen LogP contribution in [-0.2, 0) is 14.3 Å². The fourth-order valence-electron chi connectivity index (χ4n) is 4.27. The highest BCUT2D eigenvalue weighted by atomic mass is 16.5. The fourth-order valence-corrected chi connectivity index (χ4v) is 4.27. The lowest BCUT2D eigenvalue weighted by Gasteiger charge is -2.44. The minimum atomic E-state index is -0.966. The van der Waals surface area contributed by atoms with E-state index in [-0.39, 0.29) is 23.4 Å². The van der Waals surface area contributed by atoms with E-state index in [0.717, 1.165) is 18.4 Å². The third kappa shape index (κ3) is 2.16. The van der Waals surface area contributed by atoms with Crippen molar-refractivity contribution in [2.75, 3.05) is 7.11 Å². The zero-order valence-corrected chi connectivity index (χ0v) is 13.0. The predicted octanol–water partition coefficient (Wildman–Crippen LogP) is 2.37. The van der Waals surface area contributed by atoms with Crippen molar-refractivity contribution < 1.29 is 19.4 Å². The number of carbonyl (C=O) groups is 1. The summed E-state index contributed by atoms with van der Waals surface area (Å²) in [5.74, 6) is 1.12. The molecule has 0 spiro atoms. The van der Waals surface area contributed by atoms with Crippen LogP contribution in [0.1, 0.15) is 39.5 Å². The van der Waals surface area contributed by atoms with Gasteiger partial charge in [-0.25, -0.2) is 0 Å². The summed E-state index contributed by atoms with van der Waals surface area (Å²) >= 11 is 0. The van der Waals surface area contributed by atoms with Crippen LogP contribution in [0.4, 0.5) is 0 Å². The average Bonchev–Trinajstić information content (AvgIpc) is 2.77. The molecule has 21 heavy (non-hydrogen) atoms. The van der Waals surface area contributed by atoms with E-state index in [2.05, 4.69) is 20.4 Å². The molecule has 0 saturated heterocycles. The maximum atomic E-state index is 12.3. The Kier molecular flexibility index (Phi) is 3.49. The van der Waals surface area contributed by atoms with Crippen LogP contribution < -0.4 is 0 Å². The van der Waals surface area contributed by atoms with E-state index in [0.29, 0.717) is 30.1 Å². The molecule has 116 valence electrons.